The summed E-state index contributed by atoms with van der Waals surface area (Å²) in [6.07, 6.45) is 2.82. The number of hydrogen-bond acceptors (Lipinski definition) is 7. The lowest BCUT2D eigenvalue weighted by atomic mass is 10.2. The highest BCUT2D eigenvalue weighted by atomic mass is 16.5. The number of rotatable bonds is 8. The number of benzene rings is 1. The molecule has 0 saturated heterocycles. The minimum absolute atomic E-state index is 0.215. The average molecular weight is 359 g/mol. The van der Waals surface area contributed by atoms with Crippen molar-refractivity contribution in [2.45, 2.75) is 27.4 Å². The molecule has 0 atom stereocenters. The first kappa shape index (κ1) is 19.2. The van der Waals surface area contributed by atoms with Gasteiger partial charge in [0.1, 0.15) is 19.0 Å². The lowest BCUT2D eigenvalue weighted by Crippen LogP contribution is -2.08. The third kappa shape index (κ3) is 5.20. The summed E-state index contributed by atoms with van der Waals surface area (Å²) in [5.41, 5.74) is 2.40. The SMILES string of the molecule is COc1cc(/C=C/C(=O)OCC(C)=O)ccc1OCc1c(C)noc1C. The van der Waals surface area contributed by atoms with Gasteiger partial charge in [0.15, 0.2) is 17.3 Å². The van der Waals surface area contributed by atoms with Crippen molar-refractivity contribution in [1.29, 1.82) is 0 Å². The summed E-state index contributed by atoms with van der Waals surface area (Å²) in [6.45, 7) is 5.11. The van der Waals surface area contributed by atoms with Gasteiger partial charge in [0, 0.05) is 6.08 Å². The van der Waals surface area contributed by atoms with E-state index in [4.69, 9.17) is 18.7 Å². The number of Topliss-reactive ketones (excluding diaryl/α,β-unsaturated/α-hetero) is 1. The van der Waals surface area contributed by atoms with Gasteiger partial charge in [-0.1, -0.05) is 11.2 Å². The number of aromatic nitrogens is 1. The topological polar surface area (TPSA) is 87.9 Å². The molecule has 0 aliphatic heterocycles. The quantitative estimate of drug-likeness (QED) is 0.529. The molecule has 0 spiro atoms. The molecule has 1 aromatic carbocycles. The minimum atomic E-state index is -0.585. The Bertz CT molecular complexity index is 802. The van der Waals surface area contributed by atoms with E-state index in [0.717, 1.165) is 16.8 Å². The van der Waals surface area contributed by atoms with E-state index in [1.165, 1.54) is 20.1 Å². The Hall–Kier alpha value is -3.09. The smallest absolute Gasteiger partial charge is 0.331 e. The Labute approximate surface area is 151 Å². The van der Waals surface area contributed by atoms with Crippen LogP contribution >= 0.6 is 0 Å². The molecule has 0 bridgehead atoms. The zero-order chi connectivity index (χ0) is 19.1. The fourth-order valence-corrected chi connectivity index (χ4v) is 2.15. The molecule has 1 aromatic heterocycles. The van der Waals surface area contributed by atoms with E-state index in [-0.39, 0.29) is 12.4 Å². The van der Waals surface area contributed by atoms with Crippen LogP contribution in [0.2, 0.25) is 0 Å². The largest absolute Gasteiger partial charge is 0.493 e. The Morgan fingerprint density at radius 2 is 2.00 bits per heavy atom. The van der Waals surface area contributed by atoms with Gasteiger partial charge in [-0.2, -0.15) is 0 Å². The number of ketones is 1. The molecule has 0 fully saturated rings. The molecular weight excluding hydrogens is 338 g/mol. The normalized spacial score (nSPS) is 10.8. The summed E-state index contributed by atoms with van der Waals surface area (Å²) in [5.74, 6) is 0.996. The zero-order valence-corrected chi connectivity index (χ0v) is 15.2. The minimum Gasteiger partial charge on any atom is -0.493 e. The number of ether oxygens (including phenoxy) is 3. The van der Waals surface area contributed by atoms with Gasteiger partial charge in [0.2, 0.25) is 0 Å². The van der Waals surface area contributed by atoms with Gasteiger partial charge >= 0.3 is 5.97 Å². The van der Waals surface area contributed by atoms with E-state index in [9.17, 15) is 9.59 Å². The van der Waals surface area contributed by atoms with E-state index >= 15 is 0 Å². The van der Waals surface area contributed by atoms with Crippen molar-refractivity contribution in [2.75, 3.05) is 13.7 Å². The maximum absolute atomic E-state index is 11.5. The van der Waals surface area contributed by atoms with E-state index in [1.807, 2.05) is 13.8 Å². The summed E-state index contributed by atoms with van der Waals surface area (Å²) in [6, 6.07) is 5.26. The lowest BCUT2D eigenvalue weighted by molar-refractivity contribution is -0.142. The van der Waals surface area contributed by atoms with Gasteiger partial charge in [-0.25, -0.2) is 4.79 Å². The fraction of sp³-hybridized carbons (Fsp3) is 0.316. The summed E-state index contributed by atoms with van der Waals surface area (Å²) >= 11 is 0. The second-order valence-corrected chi connectivity index (χ2v) is 5.64. The highest BCUT2D eigenvalue weighted by Crippen LogP contribution is 2.30. The third-order valence-corrected chi connectivity index (χ3v) is 3.57. The van der Waals surface area contributed by atoms with Crippen LogP contribution in [-0.2, 0) is 20.9 Å². The fourth-order valence-electron chi connectivity index (χ4n) is 2.15. The van der Waals surface area contributed by atoms with E-state index in [0.29, 0.717) is 23.9 Å². The van der Waals surface area contributed by atoms with Gasteiger partial charge in [-0.3, -0.25) is 4.79 Å². The van der Waals surface area contributed by atoms with Gasteiger partial charge in [0.05, 0.1) is 18.4 Å². The first-order valence-corrected chi connectivity index (χ1v) is 7.97. The first-order valence-electron chi connectivity index (χ1n) is 7.97. The van der Waals surface area contributed by atoms with Crippen molar-refractivity contribution in [3.05, 3.63) is 46.9 Å². The van der Waals surface area contributed by atoms with Crippen LogP contribution in [0.4, 0.5) is 0 Å². The lowest BCUT2D eigenvalue weighted by Gasteiger charge is -2.11. The van der Waals surface area contributed by atoms with Crippen LogP contribution in [0.3, 0.4) is 0 Å². The van der Waals surface area contributed by atoms with Crippen LogP contribution in [0, 0.1) is 13.8 Å². The molecule has 0 amide bonds. The molecule has 0 N–H and O–H groups in total. The zero-order valence-electron chi connectivity index (χ0n) is 15.2. The number of carbonyl (C=O) groups excluding carboxylic acids is 2. The molecule has 7 nitrogen and oxygen atoms in total. The highest BCUT2D eigenvalue weighted by Gasteiger charge is 2.12. The maximum atomic E-state index is 11.5. The summed E-state index contributed by atoms with van der Waals surface area (Å²) < 4.78 is 21.0. The number of methoxy groups -OCH3 is 1. The number of esters is 1. The second kappa shape index (κ2) is 8.84. The average Bonchev–Trinajstić information content (AvgIpc) is 2.94. The van der Waals surface area contributed by atoms with Gasteiger partial charge < -0.3 is 18.7 Å². The number of hydrogen-bond donors (Lipinski definition) is 0. The highest BCUT2D eigenvalue weighted by molar-refractivity contribution is 5.89. The Morgan fingerprint density at radius 1 is 1.23 bits per heavy atom. The standard InChI is InChI=1S/C19H21NO6/c1-12(21)10-25-19(22)8-6-15-5-7-17(18(9-15)23-4)24-11-16-13(2)20-26-14(16)3/h5-9H,10-11H2,1-4H3/b8-6+. The summed E-state index contributed by atoms with van der Waals surface area (Å²) in [5, 5.41) is 3.89. The summed E-state index contributed by atoms with van der Waals surface area (Å²) in [7, 11) is 1.53. The van der Waals surface area contributed by atoms with Crippen molar-refractivity contribution in [3.63, 3.8) is 0 Å². The van der Waals surface area contributed by atoms with Crippen LogP contribution < -0.4 is 9.47 Å². The van der Waals surface area contributed by atoms with Crippen LogP contribution in [0.5, 0.6) is 11.5 Å². The molecule has 138 valence electrons. The molecule has 7 heteroatoms. The molecule has 0 aliphatic carbocycles. The predicted molar refractivity (Wildman–Crippen MR) is 94.0 cm³/mol. The molecule has 0 unspecified atom stereocenters. The number of carbonyl (C=O) groups is 2. The van der Waals surface area contributed by atoms with Crippen molar-refractivity contribution >= 4 is 17.8 Å². The molecule has 0 radical (unpaired) electrons. The molecule has 2 aromatic rings. The number of nitrogens with zero attached hydrogens (tertiary/aromatic N) is 1. The third-order valence-electron chi connectivity index (χ3n) is 3.57. The first-order chi connectivity index (χ1) is 12.4. The van der Waals surface area contributed by atoms with E-state index < -0.39 is 5.97 Å². The molecule has 2 rings (SSSR count). The molecule has 26 heavy (non-hydrogen) atoms. The Kier molecular flexibility index (Phi) is 6.54. The van der Waals surface area contributed by atoms with Crippen molar-refractivity contribution in [3.8, 4) is 11.5 Å². The van der Waals surface area contributed by atoms with Crippen LogP contribution in [-0.4, -0.2) is 30.6 Å². The second-order valence-electron chi connectivity index (χ2n) is 5.64. The van der Waals surface area contributed by atoms with Crippen molar-refractivity contribution in [1.82, 2.24) is 5.16 Å². The maximum Gasteiger partial charge on any atom is 0.331 e. The molecule has 0 saturated carbocycles. The molecule has 1 heterocycles. The molecule has 0 aliphatic rings. The van der Waals surface area contributed by atoms with E-state index in [1.54, 1.807) is 24.3 Å². The monoisotopic (exact) mass is 359 g/mol. The van der Waals surface area contributed by atoms with Gasteiger partial charge in [0.25, 0.3) is 0 Å². The summed E-state index contributed by atoms with van der Waals surface area (Å²) in [4.78, 5) is 22.3. The van der Waals surface area contributed by atoms with Crippen molar-refractivity contribution < 1.29 is 28.3 Å². The molecular formula is C19H21NO6. The predicted octanol–water partition coefficient (Wildman–Crippen LogP) is 3.02. The van der Waals surface area contributed by atoms with Crippen molar-refractivity contribution in [2.24, 2.45) is 0 Å². The van der Waals surface area contributed by atoms with Gasteiger partial charge in [-0.05, 0) is 44.5 Å². The Balaban J connectivity index is 2.04. The van der Waals surface area contributed by atoms with Gasteiger partial charge in [-0.15, -0.1) is 0 Å². The Morgan fingerprint density at radius 3 is 2.62 bits per heavy atom. The van der Waals surface area contributed by atoms with E-state index in [2.05, 4.69) is 5.16 Å². The van der Waals surface area contributed by atoms with Crippen LogP contribution in [0.25, 0.3) is 6.08 Å². The van der Waals surface area contributed by atoms with Crippen LogP contribution in [0.15, 0.2) is 28.8 Å². The number of aryl methyl sites for hydroxylation is 2. The van der Waals surface area contributed by atoms with Crippen LogP contribution in [0.1, 0.15) is 29.5 Å².